The molecule has 0 spiro atoms. The van der Waals surface area contributed by atoms with Gasteiger partial charge in [0.1, 0.15) is 53.0 Å². The van der Waals surface area contributed by atoms with Crippen molar-refractivity contribution in [2.24, 2.45) is 5.90 Å². The number of hydroxylamine groups is 2. The minimum absolute atomic E-state index is 0. The molecule has 45 heteroatoms. The zero-order valence-electron chi connectivity index (χ0n) is 61.3. The number of ether oxygens (including phenoxy) is 5. The quantitative estimate of drug-likeness (QED) is 0.00892. The van der Waals surface area contributed by atoms with E-state index in [0.717, 1.165) is 20.3 Å². The molecule has 10 N–H and O–H groups in total. The molecule has 0 unspecified atom stereocenters. The van der Waals surface area contributed by atoms with Gasteiger partial charge in [-0.05, 0) is 85.6 Å². The Labute approximate surface area is 744 Å². The first kappa shape index (κ1) is 103. The Kier molecular flexibility index (Phi) is 44.2. The molecule has 0 aliphatic carbocycles. The fraction of sp³-hybridized carbons (Fsp3) is 0.200. The van der Waals surface area contributed by atoms with Crippen LogP contribution in [0.4, 0.5) is 63.1 Å². The number of rotatable bonds is 24. The number of carbonyl (C=O) groups is 4. The highest BCUT2D eigenvalue weighted by molar-refractivity contribution is 6.39. The van der Waals surface area contributed by atoms with Crippen LogP contribution in [0.1, 0.15) is 69.1 Å². The van der Waals surface area contributed by atoms with E-state index in [4.69, 9.17) is 166 Å². The summed E-state index contributed by atoms with van der Waals surface area (Å²) in [6.45, 7) is 9.39. The molecule has 1 aliphatic heterocycles. The predicted molar refractivity (Wildman–Crippen MR) is 463 cm³/mol. The molecule has 9 heterocycles. The van der Waals surface area contributed by atoms with Crippen LogP contribution in [0.5, 0.6) is 0 Å². The number of benzene rings is 4. The summed E-state index contributed by atoms with van der Waals surface area (Å²) in [7, 11) is 3.41. The van der Waals surface area contributed by atoms with Gasteiger partial charge in [0.05, 0.1) is 135 Å². The van der Waals surface area contributed by atoms with Crippen molar-refractivity contribution in [1.82, 2.24) is 48.5 Å². The number of anilines is 8. The third-order valence-electron chi connectivity index (χ3n) is 15.0. The molecule has 120 heavy (non-hydrogen) atoms. The predicted octanol–water partition coefficient (Wildman–Crippen LogP) is 20.2. The number of aromatic nitrogens is 8. The summed E-state index contributed by atoms with van der Waals surface area (Å²) in [4.78, 5) is 78.7. The maximum Gasteiger partial charge on any atom is 0.341 e. The van der Waals surface area contributed by atoms with Gasteiger partial charge in [0.25, 0.3) is 11.8 Å². The number of carbonyl (C=O) groups excluding carboxylic acids is 4. The van der Waals surface area contributed by atoms with E-state index in [9.17, 15) is 28.0 Å². The number of methoxy groups -OCH3 is 2. The van der Waals surface area contributed by atoms with Gasteiger partial charge >= 0.3 is 11.9 Å². The van der Waals surface area contributed by atoms with Gasteiger partial charge in [-0.2, -0.15) is 0 Å². The van der Waals surface area contributed by atoms with Gasteiger partial charge in [0, 0.05) is 77.6 Å². The number of nitrogens with one attached hydrogen (secondary N) is 6. The first-order valence-corrected chi connectivity index (χ1v) is 37.3. The molecule has 29 nitrogen and oxygen atoms in total. The molecular formula is C75H75Cl12F4N15O14. The molecule has 1 fully saturated rings. The van der Waals surface area contributed by atoms with Crippen molar-refractivity contribution in [1.29, 1.82) is 0 Å². The standard InChI is InChI=1S/C18H14Cl3FN4O3.C16H12Cl3FN4O3.C15H9Cl3FN3O2.C15H10Cl2FN3O2.C4H9NO2.C4H8O.CH4O.2CH4.ClH/c1-2-28-5-6-29-25-18(27)11-9-26-14(21)8-23-17(26)15(22)16(11)24-13-4-3-10(19)7-12(13)20;17-8-1-2-11(10(18)5-8)22-14-9(16(26)23-27-4-3-25)7-24-12(19)6-21-15(24)13(14)20;1-24-15(23)8-6-22-11(18)5-20-14(22)12(19)13(8)21-10-3-2-7(16)4-9(10)17;1-23-15(22)9-7-21-5-4-19-14(21)12(18)13(9)20-11-3-2-8(16)6-10(11)17;1-2-6-3-4-7-5;1-2-4-5-3-1;1-2;;;/h2-4,7-9,24H,1,5-6H2,(H,25,27);1-2,5-7,22,25H,3-4H2,(H,23,26);2-6,21H,1H3;2-7,20H,1H3;2H,1,3-5H2;1-4H2;2H,1H3;2*1H4;1H. The summed E-state index contributed by atoms with van der Waals surface area (Å²) in [6.07, 6.45) is 17.3. The van der Waals surface area contributed by atoms with E-state index in [0.29, 0.717) is 56.1 Å². The number of hydrogen-bond acceptors (Lipinski definition) is 23. The van der Waals surface area contributed by atoms with Crippen LogP contribution in [0.25, 0.3) is 22.6 Å². The van der Waals surface area contributed by atoms with Gasteiger partial charge in [-0.25, -0.2) is 63.9 Å². The van der Waals surface area contributed by atoms with Crippen LogP contribution >= 0.6 is 140 Å². The molecule has 0 bridgehead atoms. The monoisotopic (exact) mass is 1910 g/mol. The number of amides is 2. The van der Waals surface area contributed by atoms with Crippen LogP contribution < -0.4 is 38.1 Å². The van der Waals surface area contributed by atoms with Gasteiger partial charge in [-0.15, -0.1) is 12.4 Å². The van der Waals surface area contributed by atoms with E-state index in [2.05, 4.69) is 80.8 Å². The number of aliphatic hydroxyl groups excluding tert-OH is 2. The molecule has 1 aliphatic rings. The van der Waals surface area contributed by atoms with Crippen LogP contribution in [-0.4, -0.2) is 146 Å². The van der Waals surface area contributed by atoms with Crippen LogP contribution in [0.3, 0.4) is 0 Å². The zero-order chi connectivity index (χ0) is 85.6. The lowest BCUT2D eigenvalue weighted by molar-refractivity contribution is 0.0144. The summed E-state index contributed by atoms with van der Waals surface area (Å²) in [5.74, 6) is -1.33. The Morgan fingerprint density at radius 1 is 0.492 bits per heavy atom. The molecule has 0 radical (unpaired) electrons. The lowest BCUT2D eigenvalue weighted by Gasteiger charge is -2.15. The van der Waals surface area contributed by atoms with Crippen LogP contribution in [0.2, 0.25) is 55.6 Å². The number of pyridine rings is 4. The Morgan fingerprint density at radius 3 is 1.13 bits per heavy atom. The summed E-state index contributed by atoms with van der Waals surface area (Å²) in [5, 5.41) is 30.0. The first-order chi connectivity index (χ1) is 56.2. The second-order valence-electron chi connectivity index (χ2n) is 22.4. The van der Waals surface area contributed by atoms with E-state index in [-0.39, 0.29) is 157 Å². The Balaban J connectivity index is 0.000000316. The lowest BCUT2D eigenvalue weighted by Crippen LogP contribution is -2.27. The van der Waals surface area contributed by atoms with E-state index in [1.807, 2.05) is 0 Å². The van der Waals surface area contributed by atoms with Crippen LogP contribution in [0.15, 0.2) is 154 Å². The van der Waals surface area contributed by atoms with Crippen LogP contribution in [-0.2, 0) is 38.2 Å². The molecule has 0 atom stereocenters. The van der Waals surface area contributed by atoms with E-state index in [1.54, 1.807) is 42.5 Å². The number of aliphatic hydroxyl groups is 2. The van der Waals surface area contributed by atoms with Crippen molar-refractivity contribution < 1.29 is 85.1 Å². The summed E-state index contributed by atoms with van der Waals surface area (Å²) in [6, 6.07) is 18.5. The molecule has 2 amide bonds. The lowest BCUT2D eigenvalue weighted by atomic mass is 10.2. The van der Waals surface area contributed by atoms with Crippen molar-refractivity contribution in [3.8, 4) is 0 Å². The smallest absolute Gasteiger partial charge is 0.341 e. The van der Waals surface area contributed by atoms with Crippen LogP contribution in [0, 0.1) is 23.3 Å². The SMILES string of the molecule is C.C.C1CCOC1.C=COCCON.C=COCCONC(=O)c1cn2c(Cl)cnc2c(F)c1Nc1ccc(Cl)cc1Cl.CO.COC(=O)c1cn2c(Cl)cnc2c(F)c1Nc1ccc(Cl)cc1Cl.COC(=O)c1cn2ccnc2c(F)c1Nc1ccc(Cl)cc1Cl.Cl.O=C(NOCCO)c1cn2c(Cl)cnc2c(F)c1Nc1ccc(Cl)cc1Cl. The largest absolute Gasteiger partial charge is 0.499 e. The molecule has 12 aromatic rings. The highest BCUT2D eigenvalue weighted by Gasteiger charge is 2.28. The maximum atomic E-state index is 15.2. The van der Waals surface area contributed by atoms with Crippen molar-refractivity contribution in [3.05, 3.63) is 255 Å². The Bertz CT molecular complexity index is 5480. The van der Waals surface area contributed by atoms with Crippen molar-refractivity contribution in [3.63, 3.8) is 0 Å². The number of nitrogens with two attached hydrogens (primary N) is 1. The molecule has 8 aromatic heterocycles. The number of esters is 2. The van der Waals surface area contributed by atoms with Crippen molar-refractivity contribution in [2.75, 3.05) is 95.5 Å². The summed E-state index contributed by atoms with van der Waals surface area (Å²) < 4.78 is 88.8. The highest BCUT2D eigenvalue weighted by atomic mass is 35.5. The van der Waals surface area contributed by atoms with Gasteiger partial charge in [0.2, 0.25) is 0 Å². The number of fused-ring (bicyclic) bond motifs is 4. The number of hydrogen-bond donors (Lipinski definition) is 9. The minimum atomic E-state index is -0.817. The molecule has 1 saturated heterocycles. The first-order valence-electron chi connectivity index (χ1n) is 33.2. The van der Waals surface area contributed by atoms with Crippen molar-refractivity contribution >= 4 is 232 Å². The van der Waals surface area contributed by atoms with Gasteiger partial charge in [-0.3, -0.25) is 32.5 Å². The number of halogens is 16. The van der Waals surface area contributed by atoms with E-state index >= 15 is 8.78 Å². The maximum absolute atomic E-state index is 15.2. The fourth-order valence-electron chi connectivity index (χ4n) is 9.68. The minimum Gasteiger partial charge on any atom is -0.499 e. The average molecular weight is 1910 g/mol. The fourth-order valence-corrected chi connectivity index (χ4v) is 12.0. The normalized spacial score (nSPS) is 10.8. The molecule has 13 rings (SSSR count). The van der Waals surface area contributed by atoms with Gasteiger partial charge < -0.3 is 64.4 Å². The molecular weight excluding hydrogens is 1840 g/mol. The van der Waals surface area contributed by atoms with Gasteiger partial charge in [0.15, 0.2) is 45.9 Å². The second-order valence-corrected chi connectivity index (χ2v) is 27.0. The molecule has 0 saturated carbocycles. The topological polar surface area (TPSA) is 350 Å². The molecule has 4 aromatic carbocycles. The third-order valence-corrected chi connectivity index (χ3v) is 18.0. The Hall–Kier alpha value is -9.28. The average Bonchev–Trinajstić information content (AvgIpc) is 1.58. The number of imidazole rings is 4. The zero-order valence-corrected chi connectivity index (χ0v) is 70.4. The summed E-state index contributed by atoms with van der Waals surface area (Å²) in [5.41, 5.74) is 4.85. The number of nitrogens with zero attached hydrogens (tertiary/aromatic N) is 8. The summed E-state index contributed by atoms with van der Waals surface area (Å²) >= 11 is 65.9. The molecule has 646 valence electrons. The highest BCUT2D eigenvalue weighted by Crippen LogP contribution is 2.39. The third kappa shape index (κ3) is 27.9. The van der Waals surface area contributed by atoms with Gasteiger partial charge in [-0.1, -0.05) is 156 Å². The van der Waals surface area contributed by atoms with E-state index < -0.39 is 47.0 Å². The second kappa shape index (κ2) is 51.5. The Morgan fingerprint density at radius 2 is 0.817 bits per heavy atom. The van der Waals surface area contributed by atoms with E-state index in [1.165, 1.54) is 143 Å². The van der Waals surface area contributed by atoms with Crippen molar-refractivity contribution in [2.45, 2.75) is 27.7 Å².